The Bertz CT molecular complexity index is 61.4. The first-order valence-corrected chi connectivity index (χ1v) is 2.69. The molecule has 0 radical (unpaired) electrons. The second-order valence-corrected chi connectivity index (χ2v) is 2.20. The molecule has 0 amide bonds. The van der Waals surface area contributed by atoms with Gasteiger partial charge in [0.15, 0.2) is 0 Å². The number of halogens is 1. The first kappa shape index (κ1) is 8.21. The van der Waals surface area contributed by atoms with Gasteiger partial charge in [-0.3, -0.25) is 0 Å². The van der Waals surface area contributed by atoms with Crippen molar-refractivity contribution in [1.29, 1.82) is 0 Å². The van der Waals surface area contributed by atoms with Crippen molar-refractivity contribution in [3.63, 3.8) is 0 Å². The van der Waals surface area contributed by atoms with Crippen molar-refractivity contribution in [2.75, 3.05) is 13.1 Å². The minimum atomic E-state index is -0.0972. The van der Waals surface area contributed by atoms with Gasteiger partial charge in [0.25, 0.3) is 0 Å². The van der Waals surface area contributed by atoms with Crippen molar-refractivity contribution in [2.45, 2.75) is 13.0 Å². The van der Waals surface area contributed by atoms with E-state index in [9.17, 15) is 0 Å². The van der Waals surface area contributed by atoms with E-state index in [1.54, 1.807) is 0 Å². The molecule has 1 fully saturated rings. The Labute approximate surface area is 55.7 Å². The second kappa shape index (κ2) is 3.28. The minimum Gasteiger partial charge on any atom is -0.391 e. The average molecular weight is 138 g/mol. The molecule has 0 saturated carbocycles. The molecule has 1 heterocycles. The average Bonchev–Trinajstić information content (AvgIpc) is 1.91. The molecule has 0 spiro atoms. The fourth-order valence-electron chi connectivity index (χ4n) is 0.796. The fourth-order valence-corrected chi connectivity index (χ4v) is 0.796. The predicted octanol–water partition coefficient (Wildman–Crippen LogP) is 0.00840. The molecule has 8 heavy (non-hydrogen) atoms. The SMILES string of the molecule is C[C@H]1CNC[C@H]1O.Cl. The van der Waals surface area contributed by atoms with Gasteiger partial charge in [0.2, 0.25) is 0 Å². The van der Waals surface area contributed by atoms with Gasteiger partial charge in [0.05, 0.1) is 6.10 Å². The highest BCUT2D eigenvalue weighted by Crippen LogP contribution is 2.05. The maximum absolute atomic E-state index is 8.94. The summed E-state index contributed by atoms with van der Waals surface area (Å²) in [6.07, 6.45) is -0.0972. The number of β-amino-alcohol motifs (C(OH)–C–C–N with tert-alkyl or cyclic N) is 1. The molecule has 2 nitrogen and oxygen atoms in total. The molecule has 2 atom stereocenters. The highest BCUT2D eigenvalue weighted by Gasteiger charge is 2.18. The minimum absolute atomic E-state index is 0. The molecular formula is C5H12ClNO. The second-order valence-electron chi connectivity index (χ2n) is 2.20. The molecule has 1 aliphatic rings. The Kier molecular flexibility index (Phi) is 3.36. The summed E-state index contributed by atoms with van der Waals surface area (Å²) in [5.41, 5.74) is 0. The molecule has 50 valence electrons. The standard InChI is InChI=1S/C5H11NO.ClH/c1-4-2-6-3-5(4)7;/h4-7H,2-3H2,1H3;1H/t4-,5+;/m0./s1. The summed E-state index contributed by atoms with van der Waals surface area (Å²) in [7, 11) is 0. The molecule has 0 bridgehead atoms. The zero-order valence-corrected chi connectivity index (χ0v) is 5.74. The number of rotatable bonds is 0. The number of hydrogen-bond acceptors (Lipinski definition) is 2. The van der Waals surface area contributed by atoms with Crippen LogP contribution in [0, 0.1) is 5.92 Å². The van der Waals surface area contributed by atoms with E-state index in [0.29, 0.717) is 5.92 Å². The van der Waals surface area contributed by atoms with Crippen LogP contribution in [0.4, 0.5) is 0 Å². The molecule has 2 N–H and O–H groups in total. The van der Waals surface area contributed by atoms with Crippen molar-refractivity contribution >= 4 is 12.4 Å². The van der Waals surface area contributed by atoms with Gasteiger partial charge in [-0.1, -0.05) is 6.92 Å². The van der Waals surface area contributed by atoms with Crippen LogP contribution in [0.2, 0.25) is 0 Å². The van der Waals surface area contributed by atoms with Crippen LogP contribution in [0.3, 0.4) is 0 Å². The quantitative estimate of drug-likeness (QED) is 0.493. The summed E-state index contributed by atoms with van der Waals surface area (Å²) in [6.45, 7) is 3.80. The maximum atomic E-state index is 8.94. The van der Waals surface area contributed by atoms with E-state index in [0.717, 1.165) is 13.1 Å². The highest BCUT2D eigenvalue weighted by molar-refractivity contribution is 5.85. The third-order valence-corrected chi connectivity index (χ3v) is 1.48. The monoisotopic (exact) mass is 137 g/mol. The zero-order valence-electron chi connectivity index (χ0n) is 4.92. The lowest BCUT2D eigenvalue weighted by Gasteiger charge is -2.02. The fraction of sp³-hybridized carbons (Fsp3) is 1.00. The van der Waals surface area contributed by atoms with Crippen molar-refractivity contribution in [3.8, 4) is 0 Å². The Morgan fingerprint density at radius 2 is 2.12 bits per heavy atom. The third-order valence-electron chi connectivity index (χ3n) is 1.48. The van der Waals surface area contributed by atoms with Gasteiger partial charge >= 0.3 is 0 Å². The molecule has 1 aliphatic heterocycles. The Morgan fingerprint density at radius 1 is 1.50 bits per heavy atom. The molecule has 0 aliphatic carbocycles. The van der Waals surface area contributed by atoms with Crippen LogP contribution < -0.4 is 5.32 Å². The van der Waals surface area contributed by atoms with E-state index in [-0.39, 0.29) is 18.5 Å². The van der Waals surface area contributed by atoms with Crippen molar-refractivity contribution in [3.05, 3.63) is 0 Å². The van der Waals surface area contributed by atoms with Gasteiger partial charge in [-0.05, 0) is 5.92 Å². The van der Waals surface area contributed by atoms with E-state index in [2.05, 4.69) is 5.32 Å². The zero-order chi connectivity index (χ0) is 5.28. The van der Waals surface area contributed by atoms with Gasteiger partial charge < -0.3 is 10.4 Å². The molecule has 0 aromatic carbocycles. The van der Waals surface area contributed by atoms with Gasteiger partial charge in [-0.25, -0.2) is 0 Å². The topological polar surface area (TPSA) is 32.3 Å². The summed E-state index contributed by atoms with van der Waals surface area (Å²) in [4.78, 5) is 0. The number of nitrogens with one attached hydrogen (secondary N) is 1. The Morgan fingerprint density at radius 3 is 2.25 bits per heavy atom. The van der Waals surface area contributed by atoms with Crippen LogP contribution in [-0.2, 0) is 0 Å². The van der Waals surface area contributed by atoms with Gasteiger partial charge in [0, 0.05) is 13.1 Å². The van der Waals surface area contributed by atoms with Crippen LogP contribution in [0.1, 0.15) is 6.92 Å². The molecule has 0 unspecified atom stereocenters. The summed E-state index contributed by atoms with van der Waals surface area (Å²) in [6, 6.07) is 0. The van der Waals surface area contributed by atoms with E-state index in [4.69, 9.17) is 5.11 Å². The first-order chi connectivity index (χ1) is 3.30. The van der Waals surface area contributed by atoms with E-state index in [1.807, 2.05) is 6.92 Å². The van der Waals surface area contributed by atoms with Crippen molar-refractivity contribution in [2.24, 2.45) is 5.92 Å². The Hall–Kier alpha value is 0.210. The summed E-state index contributed by atoms with van der Waals surface area (Å²) >= 11 is 0. The smallest absolute Gasteiger partial charge is 0.0702 e. The van der Waals surface area contributed by atoms with E-state index in [1.165, 1.54) is 0 Å². The normalized spacial score (nSPS) is 36.8. The molecule has 1 saturated heterocycles. The molecule has 0 aromatic heterocycles. The first-order valence-electron chi connectivity index (χ1n) is 2.69. The van der Waals surface area contributed by atoms with Crippen molar-refractivity contribution < 1.29 is 5.11 Å². The lowest BCUT2D eigenvalue weighted by molar-refractivity contribution is 0.156. The van der Waals surface area contributed by atoms with Crippen LogP contribution >= 0.6 is 12.4 Å². The Balaban J connectivity index is 0.000000490. The van der Waals surface area contributed by atoms with Crippen LogP contribution in [0.25, 0.3) is 0 Å². The number of hydrogen-bond donors (Lipinski definition) is 2. The molecule has 1 rings (SSSR count). The molecule has 0 aromatic rings. The van der Waals surface area contributed by atoms with Crippen LogP contribution in [0.15, 0.2) is 0 Å². The summed E-state index contributed by atoms with van der Waals surface area (Å²) < 4.78 is 0. The largest absolute Gasteiger partial charge is 0.391 e. The lowest BCUT2D eigenvalue weighted by Crippen LogP contribution is -2.14. The number of aliphatic hydroxyl groups is 1. The molecule has 3 heteroatoms. The van der Waals surface area contributed by atoms with Gasteiger partial charge in [-0.2, -0.15) is 0 Å². The van der Waals surface area contributed by atoms with Crippen LogP contribution in [-0.4, -0.2) is 24.3 Å². The van der Waals surface area contributed by atoms with E-state index < -0.39 is 0 Å². The van der Waals surface area contributed by atoms with Crippen LogP contribution in [0.5, 0.6) is 0 Å². The number of aliphatic hydroxyl groups excluding tert-OH is 1. The van der Waals surface area contributed by atoms with Gasteiger partial charge in [-0.15, -0.1) is 12.4 Å². The third kappa shape index (κ3) is 1.62. The van der Waals surface area contributed by atoms with Crippen molar-refractivity contribution in [1.82, 2.24) is 5.32 Å². The van der Waals surface area contributed by atoms with Gasteiger partial charge in [0.1, 0.15) is 0 Å². The summed E-state index contributed by atoms with van der Waals surface area (Å²) in [5, 5.41) is 12.0. The lowest BCUT2D eigenvalue weighted by atomic mass is 10.1. The molecular weight excluding hydrogens is 126 g/mol. The highest BCUT2D eigenvalue weighted by atomic mass is 35.5. The predicted molar refractivity (Wildman–Crippen MR) is 35.3 cm³/mol. The maximum Gasteiger partial charge on any atom is 0.0702 e. The van der Waals surface area contributed by atoms with E-state index >= 15 is 0 Å². The summed E-state index contributed by atoms with van der Waals surface area (Å²) in [5.74, 6) is 0.458.